The number of nitrogens with two attached hydrogens (primary N) is 1. The Bertz CT molecular complexity index is 502. The van der Waals surface area contributed by atoms with E-state index in [1.807, 2.05) is 13.1 Å². The zero-order valence-corrected chi connectivity index (χ0v) is 10.6. The highest BCUT2D eigenvalue weighted by atomic mass is 32.1. The van der Waals surface area contributed by atoms with Crippen molar-refractivity contribution >= 4 is 11.3 Å². The lowest BCUT2D eigenvalue weighted by molar-refractivity contribution is 0.876. The molecule has 0 radical (unpaired) electrons. The average Bonchev–Trinajstić information content (AvgIpc) is 2.67. The zero-order valence-electron chi connectivity index (χ0n) is 9.82. The van der Waals surface area contributed by atoms with Crippen LogP contribution < -0.4 is 5.73 Å². The monoisotopic (exact) mass is 232 g/mol. The molecule has 1 aromatic carbocycles. The highest BCUT2D eigenvalue weighted by Gasteiger charge is 2.13. The lowest BCUT2D eigenvalue weighted by atomic mass is 9.99. The molecule has 16 heavy (non-hydrogen) atoms. The lowest BCUT2D eigenvalue weighted by Gasteiger charge is -2.13. The number of aryl methyl sites for hydroxylation is 3. The second kappa shape index (κ2) is 4.36. The Balaban J connectivity index is 2.40. The molecule has 2 nitrogen and oxygen atoms in total. The summed E-state index contributed by atoms with van der Waals surface area (Å²) in [6.45, 7) is 6.19. The maximum atomic E-state index is 6.27. The van der Waals surface area contributed by atoms with Crippen LogP contribution in [0.5, 0.6) is 0 Å². The number of aromatic nitrogens is 1. The summed E-state index contributed by atoms with van der Waals surface area (Å²) in [4.78, 5) is 5.38. The molecule has 0 saturated heterocycles. The third-order valence-corrected chi connectivity index (χ3v) is 3.71. The van der Waals surface area contributed by atoms with E-state index < -0.39 is 0 Å². The number of rotatable bonds is 2. The molecule has 0 amide bonds. The first-order chi connectivity index (χ1) is 7.58. The van der Waals surface area contributed by atoms with E-state index in [4.69, 9.17) is 5.73 Å². The second-order valence-electron chi connectivity index (χ2n) is 4.12. The lowest BCUT2D eigenvalue weighted by Crippen LogP contribution is -2.12. The van der Waals surface area contributed by atoms with E-state index in [9.17, 15) is 0 Å². The molecule has 1 atom stereocenters. The van der Waals surface area contributed by atoms with Crippen LogP contribution in [-0.2, 0) is 0 Å². The van der Waals surface area contributed by atoms with E-state index in [-0.39, 0.29) is 6.04 Å². The van der Waals surface area contributed by atoms with E-state index >= 15 is 0 Å². The normalized spacial score (nSPS) is 12.8. The SMILES string of the molecule is Cc1ccc(C)c(C(N)c2cnc(C)s2)c1. The number of hydrogen-bond donors (Lipinski definition) is 1. The zero-order chi connectivity index (χ0) is 11.7. The molecule has 1 aromatic heterocycles. The first-order valence-electron chi connectivity index (χ1n) is 5.33. The van der Waals surface area contributed by atoms with Gasteiger partial charge in [0.05, 0.1) is 11.0 Å². The van der Waals surface area contributed by atoms with E-state index in [0.29, 0.717) is 0 Å². The number of thiazole rings is 1. The minimum absolute atomic E-state index is 0.0499. The molecule has 1 unspecified atom stereocenters. The van der Waals surface area contributed by atoms with Crippen molar-refractivity contribution in [3.05, 3.63) is 51.0 Å². The van der Waals surface area contributed by atoms with Gasteiger partial charge < -0.3 is 5.73 Å². The molecule has 0 aliphatic carbocycles. The molecule has 84 valence electrons. The standard InChI is InChI=1S/C13H16N2S/c1-8-4-5-9(2)11(6-8)13(14)12-7-15-10(3)16-12/h4-7,13H,14H2,1-3H3. The Morgan fingerprint density at radius 1 is 1.25 bits per heavy atom. The Labute approximate surface area is 100 Å². The van der Waals surface area contributed by atoms with E-state index in [1.165, 1.54) is 16.7 Å². The van der Waals surface area contributed by atoms with E-state index in [0.717, 1.165) is 9.88 Å². The highest BCUT2D eigenvalue weighted by molar-refractivity contribution is 7.11. The summed E-state index contributed by atoms with van der Waals surface area (Å²) in [6.07, 6.45) is 1.88. The van der Waals surface area contributed by atoms with Crippen molar-refractivity contribution in [2.24, 2.45) is 5.73 Å². The van der Waals surface area contributed by atoms with Gasteiger partial charge in [-0.15, -0.1) is 11.3 Å². The van der Waals surface area contributed by atoms with Crippen molar-refractivity contribution in [1.82, 2.24) is 4.98 Å². The van der Waals surface area contributed by atoms with Crippen LogP contribution in [-0.4, -0.2) is 4.98 Å². The topological polar surface area (TPSA) is 38.9 Å². The van der Waals surface area contributed by atoms with Gasteiger partial charge in [0.25, 0.3) is 0 Å². The Morgan fingerprint density at radius 2 is 2.00 bits per heavy atom. The predicted octanol–water partition coefficient (Wildman–Crippen LogP) is 3.12. The molecular formula is C13H16N2S. The van der Waals surface area contributed by atoms with Crippen LogP contribution in [0.25, 0.3) is 0 Å². The van der Waals surface area contributed by atoms with Crippen molar-refractivity contribution in [2.45, 2.75) is 26.8 Å². The van der Waals surface area contributed by atoms with Gasteiger partial charge in [-0.2, -0.15) is 0 Å². The highest BCUT2D eigenvalue weighted by Crippen LogP contribution is 2.27. The summed E-state index contributed by atoms with van der Waals surface area (Å²) in [5.74, 6) is 0. The van der Waals surface area contributed by atoms with Gasteiger partial charge in [0.1, 0.15) is 0 Å². The summed E-state index contributed by atoms with van der Waals surface area (Å²) in [7, 11) is 0. The maximum Gasteiger partial charge on any atom is 0.0897 e. The number of benzene rings is 1. The fraction of sp³-hybridized carbons (Fsp3) is 0.308. The molecule has 3 heteroatoms. The van der Waals surface area contributed by atoms with Gasteiger partial charge in [0.15, 0.2) is 0 Å². The van der Waals surface area contributed by atoms with Crippen molar-refractivity contribution in [1.29, 1.82) is 0 Å². The summed E-state index contributed by atoms with van der Waals surface area (Å²) in [5, 5.41) is 1.07. The van der Waals surface area contributed by atoms with Crippen LogP contribution in [0.3, 0.4) is 0 Å². The molecule has 0 spiro atoms. The molecule has 0 fully saturated rings. The summed E-state index contributed by atoms with van der Waals surface area (Å²) in [6, 6.07) is 6.35. The van der Waals surface area contributed by atoms with Crippen LogP contribution in [0, 0.1) is 20.8 Å². The molecule has 2 aromatic rings. The Hall–Kier alpha value is -1.19. The molecule has 2 N–H and O–H groups in total. The summed E-state index contributed by atoms with van der Waals surface area (Å²) in [5.41, 5.74) is 9.96. The minimum atomic E-state index is -0.0499. The fourth-order valence-corrected chi connectivity index (χ4v) is 2.58. The van der Waals surface area contributed by atoms with E-state index in [1.54, 1.807) is 11.3 Å². The Morgan fingerprint density at radius 3 is 2.62 bits per heavy atom. The van der Waals surface area contributed by atoms with Crippen molar-refractivity contribution in [3.63, 3.8) is 0 Å². The van der Waals surface area contributed by atoms with Crippen LogP contribution in [0.4, 0.5) is 0 Å². The van der Waals surface area contributed by atoms with Crippen LogP contribution in [0.1, 0.15) is 32.6 Å². The first-order valence-corrected chi connectivity index (χ1v) is 6.14. The maximum absolute atomic E-state index is 6.27. The van der Waals surface area contributed by atoms with Gasteiger partial charge in [0.2, 0.25) is 0 Å². The molecule has 1 heterocycles. The van der Waals surface area contributed by atoms with Crippen LogP contribution >= 0.6 is 11.3 Å². The van der Waals surface area contributed by atoms with Crippen LogP contribution in [0.2, 0.25) is 0 Å². The van der Waals surface area contributed by atoms with Gasteiger partial charge in [-0.1, -0.05) is 23.8 Å². The average molecular weight is 232 g/mol. The number of nitrogens with zero attached hydrogens (tertiary/aromatic N) is 1. The van der Waals surface area contributed by atoms with Crippen molar-refractivity contribution in [2.75, 3.05) is 0 Å². The third-order valence-electron chi connectivity index (χ3n) is 2.72. The Kier molecular flexibility index (Phi) is 3.08. The summed E-state index contributed by atoms with van der Waals surface area (Å²) < 4.78 is 0. The van der Waals surface area contributed by atoms with Gasteiger partial charge in [-0.05, 0) is 31.9 Å². The smallest absolute Gasteiger partial charge is 0.0897 e. The van der Waals surface area contributed by atoms with Gasteiger partial charge >= 0.3 is 0 Å². The second-order valence-corrected chi connectivity index (χ2v) is 5.39. The van der Waals surface area contributed by atoms with E-state index in [2.05, 4.69) is 37.0 Å². The van der Waals surface area contributed by atoms with Crippen molar-refractivity contribution < 1.29 is 0 Å². The molecule has 0 aliphatic rings. The molecule has 2 rings (SSSR count). The van der Waals surface area contributed by atoms with Gasteiger partial charge in [0, 0.05) is 11.1 Å². The minimum Gasteiger partial charge on any atom is -0.320 e. The molecule has 0 saturated carbocycles. The largest absolute Gasteiger partial charge is 0.320 e. The molecular weight excluding hydrogens is 216 g/mol. The quantitative estimate of drug-likeness (QED) is 0.864. The van der Waals surface area contributed by atoms with Crippen molar-refractivity contribution in [3.8, 4) is 0 Å². The summed E-state index contributed by atoms with van der Waals surface area (Å²) >= 11 is 1.67. The molecule has 0 bridgehead atoms. The molecule has 0 aliphatic heterocycles. The number of hydrogen-bond acceptors (Lipinski definition) is 3. The van der Waals surface area contributed by atoms with Crippen LogP contribution in [0.15, 0.2) is 24.4 Å². The van der Waals surface area contributed by atoms with Gasteiger partial charge in [-0.25, -0.2) is 4.98 Å². The predicted molar refractivity (Wildman–Crippen MR) is 68.8 cm³/mol. The van der Waals surface area contributed by atoms with Gasteiger partial charge in [-0.3, -0.25) is 0 Å². The fourth-order valence-electron chi connectivity index (χ4n) is 1.77. The first kappa shape index (κ1) is 11.3. The third kappa shape index (κ3) is 2.15.